The van der Waals surface area contributed by atoms with E-state index in [1.54, 1.807) is 35.0 Å². The van der Waals surface area contributed by atoms with E-state index in [2.05, 4.69) is 11.2 Å². The molecule has 2 aliphatic rings. The minimum Gasteiger partial charge on any atom is -0.384 e. The number of Topliss-reactive ketones (excluding diaryl/α,β-unsaturated/α-hetero) is 1. The summed E-state index contributed by atoms with van der Waals surface area (Å²) in [5.74, 6) is -0.507. The monoisotopic (exact) mass is 432 g/mol. The van der Waals surface area contributed by atoms with Crippen molar-refractivity contribution in [2.45, 2.75) is 39.5 Å². The van der Waals surface area contributed by atoms with E-state index in [0.717, 1.165) is 11.3 Å². The topological polar surface area (TPSA) is 131 Å². The third kappa shape index (κ3) is 3.24. The summed E-state index contributed by atoms with van der Waals surface area (Å²) in [7, 11) is 1.80. The molecule has 9 heteroatoms. The quantitative estimate of drug-likeness (QED) is 0.579. The molecule has 0 spiro atoms. The van der Waals surface area contributed by atoms with E-state index in [1.165, 1.54) is 12.1 Å². The molecular formula is C23H24N6O3. The average molecular weight is 432 g/mol. The van der Waals surface area contributed by atoms with E-state index in [4.69, 9.17) is 5.73 Å². The number of benzene rings is 1. The summed E-state index contributed by atoms with van der Waals surface area (Å²) in [6, 6.07) is 8.28. The smallest absolute Gasteiger partial charge is 0.271 e. The number of hydrogen-bond donors (Lipinski definition) is 1. The molecule has 32 heavy (non-hydrogen) atoms. The molecule has 2 heterocycles. The highest BCUT2D eigenvalue weighted by molar-refractivity contribution is 6.01. The second kappa shape index (κ2) is 7.34. The van der Waals surface area contributed by atoms with E-state index in [-0.39, 0.29) is 28.3 Å². The number of aromatic nitrogens is 2. The van der Waals surface area contributed by atoms with Crippen molar-refractivity contribution in [3.05, 3.63) is 74.5 Å². The van der Waals surface area contributed by atoms with E-state index in [1.807, 2.05) is 20.8 Å². The van der Waals surface area contributed by atoms with Gasteiger partial charge in [-0.2, -0.15) is 10.4 Å². The molecule has 0 bridgehead atoms. The number of non-ortho nitro benzene ring substituents is 1. The van der Waals surface area contributed by atoms with Crippen LogP contribution in [0.5, 0.6) is 0 Å². The molecule has 0 amide bonds. The number of ketones is 1. The number of carbonyl (C=O) groups is 1. The maximum atomic E-state index is 13.5. The Kier molecular flexibility index (Phi) is 4.89. The summed E-state index contributed by atoms with van der Waals surface area (Å²) >= 11 is 0. The zero-order valence-corrected chi connectivity index (χ0v) is 18.4. The summed E-state index contributed by atoms with van der Waals surface area (Å²) in [5.41, 5.74) is 9.60. The molecule has 2 aromatic rings. The first kappa shape index (κ1) is 21.3. The number of aryl methyl sites for hydroxylation is 1. The van der Waals surface area contributed by atoms with Crippen LogP contribution in [0.15, 0.2) is 53.1 Å². The Bertz CT molecular complexity index is 1260. The van der Waals surface area contributed by atoms with Gasteiger partial charge in [-0.15, -0.1) is 0 Å². The standard InChI is InChI=1S/C23H24N6O3/c1-13-17(12-26-27(13)4)20-16(11-24)22(25)28(14-6-5-7-15(8-14)29(31)32)18-9-23(2,3)10-19(30)21(18)20/h5-8,12,20H,9-10,25H2,1-4H3. The highest BCUT2D eigenvalue weighted by atomic mass is 16.6. The van der Waals surface area contributed by atoms with Crippen molar-refractivity contribution in [2.75, 3.05) is 4.90 Å². The second-order valence-electron chi connectivity index (χ2n) is 9.07. The van der Waals surface area contributed by atoms with Crippen molar-refractivity contribution in [2.24, 2.45) is 18.2 Å². The minimum atomic E-state index is -0.623. The van der Waals surface area contributed by atoms with Crippen LogP contribution in [0.4, 0.5) is 11.4 Å². The molecule has 4 rings (SSSR count). The highest BCUT2D eigenvalue weighted by Gasteiger charge is 2.45. The molecule has 0 radical (unpaired) electrons. The third-order valence-electron chi connectivity index (χ3n) is 6.26. The largest absolute Gasteiger partial charge is 0.384 e. The molecule has 1 aromatic heterocycles. The van der Waals surface area contributed by atoms with Gasteiger partial charge in [-0.3, -0.25) is 24.5 Å². The molecule has 1 atom stereocenters. The molecule has 9 nitrogen and oxygen atoms in total. The van der Waals surface area contributed by atoms with Gasteiger partial charge in [0.15, 0.2) is 5.78 Å². The van der Waals surface area contributed by atoms with Crippen LogP contribution in [0.25, 0.3) is 0 Å². The fourth-order valence-corrected chi connectivity index (χ4v) is 4.66. The number of allylic oxidation sites excluding steroid dienone is 3. The number of nitro groups is 1. The minimum absolute atomic E-state index is 0.0554. The predicted molar refractivity (Wildman–Crippen MR) is 118 cm³/mol. The lowest BCUT2D eigenvalue weighted by Crippen LogP contribution is -2.42. The Hall–Kier alpha value is -3.93. The van der Waals surface area contributed by atoms with Crippen LogP contribution in [-0.2, 0) is 11.8 Å². The Morgan fingerprint density at radius 3 is 2.66 bits per heavy atom. The van der Waals surface area contributed by atoms with E-state index in [0.29, 0.717) is 29.8 Å². The molecule has 1 aliphatic carbocycles. The number of carbonyl (C=O) groups excluding carboxylic acids is 1. The van der Waals surface area contributed by atoms with Crippen LogP contribution in [0.3, 0.4) is 0 Å². The molecule has 1 aromatic carbocycles. The number of nitro benzene ring substituents is 1. The molecule has 0 saturated carbocycles. The zero-order valence-electron chi connectivity index (χ0n) is 18.4. The first-order chi connectivity index (χ1) is 15.1. The van der Waals surface area contributed by atoms with Gasteiger partial charge in [-0.05, 0) is 24.8 Å². The lowest BCUT2D eigenvalue weighted by atomic mass is 9.68. The van der Waals surface area contributed by atoms with E-state index < -0.39 is 10.8 Å². The SMILES string of the molecule is Cc1c(C2C(C#N)=C(N)N(c3cccc([N+](=O)[O-])c3)C3=C2C(=O)CC(C)(C)C3)cnn1C. The van der Waals surface area contributed by atoms with Gasteiger partial charge >= 0.3 is 0 Å². The van der Waals surface area contributed by atoms with Gasteiger partial charge in [0.05, 0.1) is 34.4 Å². The third-order valence-corrected chi connectivity index (χ3v) is 6.26. The van der Waals surface area contributed by atoms with Gasteiger partial charge in [0.1, 0.15) is 5.82 Å². The Morgan fingerprint density at radius 2 is 2.06 bits per heavy atom. The van der Waals surface area contributed by atoms with Gasteiger partial charge in [0.25, 0.3) is 5.69 Å². The van der Waals surface area contributed by atoms with Crippen molar-refractivity contribution < 1.29 is 9.72 Å². The van der Waals surface area contributed by atoms with Gasteiger partial charge in [0, 0.05) is 48.1 Å². The number of nitriles is 1. The number of hydrogen-bond acceptors (Lipinski definition) is 7. The van der Waals surface area contributed by atoms with Crippen molar-refractivity contribution >= 4 is 17.2 Å². The number of nitrogens with two attached hydrogens (primary N) is 1. The summed E-state index contributed by atoms with van der Waals surface area (Å²) in [5, 5.41) is 25.8. The summed E-state index contributed by atoms with van der Waals surface area (Å²) in [6.07, 6.45) is 2.54. The van der Waals surface area contributed by atoms with Crippen LogP contribution in [0, 0.1) is 33.8 Å². The summed E-state index contributed by atoms with van der Waals surface area (Å²) in [4.78, 5) is 26.0. The molecule has 2 N–H and O–H groups in total. The molecule has 1 aliphatic heterocycles. The predicted octanol–water partition coefficient (Wildman–Crippen LogP) is 3.58. The van der Waals surface area contributed by atoms with Gasteiger partial charge < -0.3 is 5.73 Å². The van der Waals surface area contributed by atoms with Crippen LogP contribution >= 0.6 is 0 Å². The maximum Gasteiger partial charge on any atom is 0.271 e. The fourth-order valence-electron chi connectivity index (χ4n) is 4.66. The van der Waals surface area contributed by atoms with Crippen molar-refractivity contribution in [3.8, 4) is 6.07 Å². The van der Waals surface area contributed by atoms with E-state index in [9.17, 15) is 20.2 Å². The lowest BCUT2D eigenvalue weighted by Gasteiger charge is -2.43. The zero-order chi connectivity index (χ0) is 23.4. The first-order valence-electron chi connectivity index (χ1n) is 10.2. The number of anilines is 1. The van der Waals surface area contributed by atoms with Crippen molar-refractivity contribution in [1.82, 2.24) is 9.78 Å². The number of nitrogens with zero attached hydrogens (tertiary/aromatic N) is 5. The molecule has 0 fully saturated rings. The number of rotatable bonds is 3. The molecular weight excluding hydrogens is 408 g/mol. The van der Waals surface area contributed by atoms with E-state index >= 15 is 0 Å². The average Bonchev–Trinajstić information content (AvgIpc) is 3.04. The Balaban J connectivity index is 2.02. The van der Waals surface area contributed by atoms with Crippen molar-refractivity contribution in [1.29, 1.82) is 5.26 Å². The molecule has 164 valence electrons. The van der Waals surface area contributed by atoms with Gasteiger partial charge in [0.2, 0.25) is 0 Å². The Labute approximate surface area is 185 Å². The van der Waals surface area contributed by atoms with Crippen molar-refractivity contribution in [3.63, 3.8) is 0 Å². The van der Waals surface area contributed by atoms with Crippen LogP contribution in [0.2, 0.25) is 0 Å². The second-order valence-corrected chi connectivity index (χ2v) is 9.07. The Morgan fingerprint density at radius 1 is 1.34 bits per heavy atom. The summed E-state index contributed by atoms with van der Waals surface area (Å²) < 4.78 is 1.70. The fraction of sp³-hybridized carbons (Fsp3) is 0.348. The van der Waals surface area contributed by atoms with Gasteiger partial charge in [-0.25, -0.2) is 0 Å². The normalized spacial score (nSPS) is 20.3. The van der Waals surface area contributed by atoms with Crippen LogP contribution < -0.4 is 10.6 Å². The molecule has 0 saturated heterocycles. The van der Waals surface area contributed by atoms with Crippen LogP contribution in [-0.4, -0.2) is 20.5 Å². The highest BCUT2D eigenvalue weighted by Crippen LogP contribution is 2.50. The maximum absolute atomic E-state index is 13.5. The molecule has 1 unspecified atom stereocenters. The van der Waals surface area contributed by atoms with Gasteiger partial charge in [-0.1, -0.05) is 19.9 Å². The van der Waals surface area contributed by atoms with Crippen LogP contribution in [0.1, 0.15) is 43.9 Å². The lowest BCUT2D eigenvalue weighted by molar-refractivity contribution is -0.384. The first-order valence-corrected chi connectivity index (χ1v) is 10.2. The summed E-state index contributed by atoms with van der Waals surface area (Å²) in [6.45, 7) is 5.90.